The maximum Gasteiger partial charge on any atom is 0.262 e. The first-order chi connectivity index (χ1) is 13.8. The fourth-order valence-corrected chi connectivity index (χ4v) is 4.24. The molecule has 1 aromatic carbocycles. The summed E-state index contributed by atoms with van der Waals surface area (Å²) < 4.78 is 11.8. The first-order valence-electron chi connectivity index (χ1n) is 9.51. The maximum absolute atomic E-state index is 12.7. The molecule has 0 bridgehead atoms. The second-order valence-electron chi connectivity index (χ2n) is 8.04. The number of benzene rings is 1. The highest BCUT2D eigenvalue weighted by molar-refractivity contribution is 7.20. The Morgan fingerprint density at radius 3 is 2.76 bits per heavy atom. The van der Waals surface area contributed by atoms with Crippen molar-refractivity contribution in [2.45, 2.75) is 39.3 Å². The van der Waals surface area contributed by atoms with Crippen LogP contribution in [0.5, 0.6) is 11.5 Å². The van der Waals surface area contributed by atoms with Crippen molar-refractivity contribution >= 4 is 33.3 Å². The van der Waals surface area contributed by atoms with Gasteiger partial charge in [0.15, 0.2) is 11.5 Å². The molecule has 0 spiro atoms. The van der Waals surface area contributed by atoms with E-state index < -0.39 is 0 Å². The number of carbonyl (C=O) groups is 1. The van der Waals surface area contributed by atoms with Gasteiger partial charge in [0.2, 0.25) is 0 Å². The van der Waals surface area contributed by atoms with Crippen LogP contribution in [0.1, 0.15) is 36.0 Å². The molecule has 152 valence electrons. The van der Waals surface area contributed by atoms with E-state index in [0.717, 1.165) is 27.3 Å². The van der Waals surface area contributed by atoms with E-state index >= 15 is 0 Å². The first-order valence-corrected chi connectivity index (χ1v) is 10.3. The number of hydrogen-bond donors (Lipinski definition) is 2. The molecule has 2 aromatic heterocycles. The predicted octanol–water partition coefficient (Wildman–Crippen LogP) is 3.78. The topological polar surface area (TPSA) is 85.4 Å². The first kappa shape index (κ1) is 19.4. The van der Waals surface area contributed by atoms with E-state index in [1.54, 1.807) is 0 Å². The number of ether oxygens (including phenoxy) is 2. The van der Waals surface area contributed by atoms with Crippen molar-refractivity contribution in [1.29, 1.82) is 0 Å². The van der Waals surface area contributed by atoms with E-state index in [0.29, 0.717) is 23.8 Å². The van der Waals surface area contributed by atoms with Crippen molar-refractivity contribution in [2.75, 3.05) is 18.5 Å². The lowest BCUT2D eigenvalue weighted by atomic mass is 10.1. The number of rotatable bonds is 4. The molecular formula is C21H24N4O3S. The SMILES string of the molecule is Cc1c(C(=O)NC(C)(C)C)sc2ncnc(NCC3COc4ccccc4O3)c12. The summed E-state index contributed by atoms with van der Waals surface area (Å²) in [7, 11) is 0. The molecule has 1 aliphatic rings. The molecule has 0 aliphatic carbocycles. The van der Waals surface area contributed by atoms with Gasteiger partial charge in [0.05, 0.1) is 16.8 Å². The number of fused-ring (bicyclic) bond motifs is 2. The Bertz CT molecular complexity index is 1060. The molecule has 3 heterocycles. The molecule has 8 heteroatoms. The minimum atomic E-state index is -0.304. The van der Waals surface area contributed by atoms with Gasteiger partial charge in [-0.15, -0.1) is 11.3 Å². The number of para-hydroxylation sites is 2. The van der Waals surface area contributed by atoms with Crippen LogP contribution in [0.3, 0.4) is 0 Å². The number of anilines is 1. The van der Waals surface area contributed by atoms with Crippen LogP contribution in [-0.4, -0.2) is 40.7 Å². The maximum atomic E-state index is 12.7. The largest absolute Gasteiger partial charge is 0.486 e. The third-order valence-electron chi connectivity index (χ3n) is 4.49. The summed E-state index contributed by atoms with van der Waals surface area (Å²) in [5.41, 5.74) is 0.571. The predicted molar refractivity (Wildman–Crippen MR) is 114 cm³/mol. The fraction of sp³-hybridized carbons (Fsp3) is 0.381. The third-order valence-corrected chi connectivity index (χ3v) is 5.68. The van der Waals surface area contributed by atoms with Crippen molar-refractivity contribution in [2.24, 2.45) is 0 Å². The normalized spacial score (nSPS) is 15.9. The second-order valence-corrected chi connectivity index (χ2v) is 9.04. The van der Waals surface area contributed by atoms with Gasteiger partial charge in [-0.2, -0.15) is 0 Å². The minimum absolute atomic E-state index is 0.0930. The number of aryl methyl sites for hydroxylation is 1. The molecule has 1 atom stereocenters. The summed E-state index contributed by atoms with van der Waals surface area (Å²) >= 11 is 1.38. The zero-order chi connectivity index (χ0) is 20.6. The molecule has 7 nitrogen and oxygen atoms in total. The van der Waals surface area contributed by atoms with Crippen molar-refractivity contribution in [3.8, 4) is 11.5 Å². The molecule has 4 rings (SSSR count). The molecule has 3 aromatic rings. The fourth-order valence-electron chi connectivity index (χ4n) is 3.19. The zero-order valence-corrected chi connectivity index (χ0v) is 17.7. The molecule has 1 aliphatic heterocycles. The average Bonchev–Trinajstić information content (AvgIpc) is 3.02. The molecule has 29 heavy (non-hydrogen) atoms. The van der Waals surface area contributed by atoms with Crippen molar-refractivity contribution < 1.29 is 14.3 Å². The smallest absolute Gasteiger partial charge is 0.262 e. The van der Waals surface area contributed by atoms with Crippen LogP contribution < -0.4 is 20.1 Å². The molecule has 2 N–H and O–H groups in total. The lowest BCUT2D eigenvalue weighted by Gasteiger charge is -2.26. The zero-order valence-electron chi connectivity index (χ0n) is 16.9. The Hall–Kier alpha value is -2.87. The Kier molecular flexibility index (Phi) is 5.04. The summed E-state index contributed by atoms with van der Waals surface area (Å²) in [4.78, 5) is 22.9. The monoisotopic (exact) mass is 412 g/mol. The highest BCUT2D eigenvalue weighted by Crippen LogP contribution is 2.34. The van der Waals surface area contributed by atoms with Gasteiger partial charge >= 0.3 is 0 Å². The van der Waals surface area contributed by atoms with Crippen LogP contribution in [0.2, 0.25) is 0 Å². The lowest BCUT2D eigenvalue weighted by molar-refractivity contribution is 0.0923. The number of thiophene rings is 1. The summed E-state index contributed by atoms with van der Waals surface area (Å²) in [6, 6.07) is 7.63. The van der Waals surface area contributed by atoms with Crippen LogP contribution in [-0.2, 0) is 0 Å². The van der Waals surface area contributed by atoms with Gasteiger partial charge in [-0.1, -0.05) is 12.1 Å². The van der Waals surface area contributed by atoms with Crippen molar-refractivity contribution in [3.63, 3.8) is 0 Å². The van der Waals surface area contributed by atoms with E-state index in [-0.39, 0.29) is 17.6 Å². The summed E-state index contributed by atoms with van der Waals surface area (Å²) in [5.74, 6) is 2.10. The van der Waals surface area contributed by atoms with Gasteiger partial charge in [-0.3, -0.25) is 4.79 Å². The van der Waals surface area contributed by atoms with E-state index in [1.807, 2.05) is 52.0 Å². The number of hydrogen-bond acceptors (Lipinski definition) is 7. The number of nitrogens with one attached hydrogen (secondary N) is 2. The van der Waals surface area contributed by atoms with Gasteiger partial charge in [0.25, 0.3) is 5.91 Å². The van der Waals surface area contributed by atoms with E-state index in [1.165, 1.54) is 17.7 Å². The van der Waals surface area contributed by atoms with Crippen LogP contribution >= 0.6 is 11.3 Å². The summed E-state index contributed by atoms with van der Waals surface area (Å²) in [6.45, 7) is 8.81. The van der Waals surface area contributed by atoms with Gasteiger partial charge < -0.3 is 20.1 Å². The number of nitrogens with zero attached hydrogens (tertiary/aromatic N) is 2. The average molecular weight is 413 g/mol. The van der Waals surface area contributed by atoms with Crippen molar-refractivity contribution in [3.05, 3.63) is 41.0 Å². The molecule has 0 fully saturated rings. The van der Waals surface area contributed by atoms with Crippen LogP contribution in [0.4, 0.5) is 5.82 Å². The minimum Gasteiger partial charge on any atom is -0.486 e. The van der Waals surface area contributed by atoms with Gasteiger partial charge in [0.1, 0.15) is 29.7 Å². The molecule has 0 radical (unpaired) electrons. The Labute approximate surface area is 173 Å². The van der Waals surface area contributed by atoms with E-state index in [4.69, 9.17) is 9.47 Å². The standard InChI is InChI=1S/C21H24N4O3S/c1-12-16-18(22-9-13-10-27-14-7-5-6-8-15(14)28-13)23-11-24-20(16)29-17(12)19(26)25-21(2,3)4/h5-8,11,13H,9-10H2,1-4H3,(H,25,26)(H,22,23,24). The quantitative estimate of drug-likeness (QED) is 0.678. The second kappa shape index (κ2) is 7.51. The number of amides is 1. The summed E-state index contributed by atoms with van der Waals surface area (Å²) in [6.07, 6.45) is 1.37. The van der Waals surface area contributed by atoms with Crippen LogP contribution in [0.15, 0.2) is 30.6 Å². The Morgan fingerprint density at radius 1 is 1.24 bits per heavy atom. The van der Waals surface area contributed by atoms with Gasteiger partial charge in [0, 0.05) is 5.54 Å². The number of aromatic nitrogens is 2. The van der Waals surface area contributed by atoms with Gasteiger partial charge in [-0.05, 0) is 45.4 Å². The molecule has 1 unspecified atom stereocenters. The van der Waals surface area contributed by atoms with Gasteiger partial charge in [-0.25, -0.2) is 9.97 Å². The summed E-state index contributed by atoms with van der Waals surface area (Å²) in [5, 5.41) is 7.23. The van der Waals surface area contributed by atoms with E-state index in [2.05, 4.69) is 20.6 Å². The molecular weight excluding hydrogens is 388 g/mol. The van der Waals surface area contributed by atoms with E-state index in [9.17, 15) is 4.79 Å². The molecule has 0 saturated carbocycles. The molecule has 1 amide bonds. The molecule has 0 saturated heterocycles. The Morgan fingerprint density at radius 2 is 2.00 bits per heavy atom. The highest BCUT2D eigenvalue weighted by atomic mass is 32.1. The van der Waals surface area contributed by atoms with Crippen molar-refractivity contribution in [1.82, 2.24) is 15.3 Å². The lowest BCUT2D eigenvalue weighted by Crippen LogP contribution is -2.40. The Balaban J connectivity index is 1.53. The number of carbonyl (C=O) groups excluding carboxylic acids is 1. The highest BCUT2D eigenvalue weighted by Gasteiger charge is 2.24. The third kappa shape index (κ3) is 4.12. The van der Waals surface area contributed by atoms with Crippen LogP contribution in [0, 0.1) is 6.92 Å². The van der Waals surface area contributed by atoms with Crippen LogP contribution in [0.25, 0.3) is 10.2 Å².